The number of fused-ring (bicyclic) bond motifs is 1. The number of nitrogens with one attached hydrogen (secondary N) is 1. The van der Waals surface area contributed by atoms with Gasteiger partial charge in [-0.25, -0.2) is 0 Å². The Hall–Kier alpha value is -0.545. The molecule has 1 radical (unpaired) electrons. The Kier molecular flexibility index (Phi) is 1.62. The van der Waals surface area contributed by atoms with Gasteiger partial charge >= 0.3 is 0 Å². The van der Waals surface area contributed by atoms with Crippen LogP contribution in [0.1, 0.15) is 0 Å². The summed E-state index contributed by atoms with van der Waals surface area (Å²) in [5, 5.41) is 11.8. The SMILES string of the molecule is O=C1NC(O)C2C[B]OCC12. The molecular formula is C6H9BNO3. The Balaban J connectivity index is 2.13. The zero-order valence-electron chi connectivity index (χ0n) is 5.99. The maximum Gasteiger partial charge on any atom is 0.292 e. The molecule has 0 spiro atoms. The van der Waals surface area contributed by atoms with Crippen LogP contribution >= 0.6 is 0 Å². The van der Waals surface area contributed by atoms with Crippen LogP contribution in [0.4, 0.5) is 0 Å². The number of carbonyl (C=O) groups excluding carboxylic acids is 1. The third kappa shape index (κ3) is 1.04. The highest BCUT2D eigenvalue weighted by molar-refractivity contribution is 6.27. The predicted molar refractivity (Wildman–Crippen MR) is 37.6 cm³/mol. The van der Waals surface area contributed by atoms with Crippen molar-refractivity contribution in [2.24, 2.45) is 11.8 Å². The molecule has 2 N–H and O–H groups in total. The Morgan fingerprint density at radius 1 is 1.73 bits per heavy atom. The van der Waals surface area contributed by atoms with E-state index in [-0.39, 0.29) is 17.7 Å². The van der Waals surface area contributed by atoms with Crippen LogP contribution in [0, 0.1) is 11.8 Å². The summed E-state index contributed by atoms with van der Waals surface area (Å²) in [5.74, 6) is -0.207. The summed E-state index contributed by atoms with van der Waals surface area (Å²) in [5.41, 5.74) is 0. The highest BCUT2D eigenvalue weighted by atomic mass is 16.4. The molecule has 0 aromatic rings. The molecule has 2 saturated heterocycles. The van der Waals surface area contributed by atoms with Gasteiger partial charge in [0.05, 0.1) is 5.92 Å². The van der Waals surface area contributed by atoms with Gasteiger partial charge in [0.2, 0.25) is 5.91 Å². The average Bonchev–Trinajstić information content (AvgIpc) is 2.30. The maximum atomic E-state index is 11.1. The summed E-state index contributed by atoms with van der Waals surface area (Å²) in [4.78, 5) is 11.1. The fourth-order valence-corrected chi connectivity index (χ4v) is 1.62. The monoisotopic (exact) mass is 154 g/mol. The molecule has 2 rings (SSSR count). The van der Waals surface area contributed by atoms with Gasteiger partial charge in [-0.15, -0.1) is 0 Å². The van der Waals surface area contributed by atoms with E-state index in [0.717, 1.165) is 0 Å². The van der Waals surface area contributed by atoms with E-state index in [1.54, 1.807) is 7.48 Å². The molecule has 3 atom stereocenters. The lowest BCUT2D eigenvalue weighted by Gasteiger charge is -2.23. The fourth-order valence-electron chi connectivity index (χ4n) is 1.62. The maximum absolute atomic E-state index is 11.1. The number of amides is 1. The second-order valence-electron chi connectivity index (χ2n) is 2.96. The van der Waals surface area contributed by atoms with Gasteiger partial charge in [-0.05, 0) is 6.32 Å². The van der Waals surface area contributed by atoms with E-state index in [0.29, 0.717) is 12.9 Å². The second-order valence-corrected chi connectivity index (χ2v) is 2.96. The van der Waals surface area contributed by atoms with Gasteiger partial charge in [-0.2, -0.15) is 0 Å². The van der Waals surface area contributed by atoms with E-state index in [2.05, 4.69) is 5.32 Å². The first-order chi connectivity index (χ1) is 5.29. The van der Waals surface area contributed by atoms with Crippen molar-refractivity contribution in [1.82, 2.24) is 5.32 Å². The minimum Gasteiger partial charge on any atom is -0.440 e. The molecule has 4 nitrogen and oxygen atoms in total. The molecule has 2 aliphatic heterocycles. The lowest BCUT2D eigenvalue weighted by atomic mass is 9.76. The van der Waals surface area contributed by atoms with Crippen molar-refractivity contribution >= 4 is 13.4 Å². The van der Waals surface area contributed by atoms with Crippen molar-refractivity contribution in [3.05, 3.63) is 0 Å². The van der Waals surface area contributed by atoms with E-state index >= 15 is 0 Å². The van der Waals surface area contributed by atoms with Crippen LogP contribution in [0.2, 0.25) is 6.32 Å². The first-order valence-electron chi connectivity index (χ1n) is 3.71. The van der Waals surface area contributed by atoms with Crippen molar-refractivity contribution in [2.45, 2.75) is 12.5 Å². The molecule has 2 heterocycles. The third-order valence-electron chi connectivity index (χ3n) is 2.31. The molecule has 0 aliphatic carbocycles. The standard InChI is InChI=1S/C6H9BNO3/c9-5-3-1-7-11-2-4(3)6(10)8-5/h3-5,9H,1-2H2,(H,8,10). The van der Waals surface area contributed by atoms with Crippen LogP contribution in [0.25, 0.3) is 0 Å². The fraction of sp³-hybridized carbons (Fsp3) is 0.833. The number of aliphatic hydroxyl groups excluding tert-OH is 1. The zero-order chi connectivity index (χ0) is 7.84. The molecule has 2 fully saturated rings. The number of rotatable bonds is 0. The molecule has 0 aromatic heterocycles. The second kappa shape index (κ2) is 2.50. The molecular weight excluding hydrogens is 145 g/mol. The number of carbonyl (C=O) groups is 1. The van der Waals surface area contributed by atoms with Crippen LogP contribution in [-0.2, 0) is 9.45 Å². The van der Waals surface area contributed by atoms with Gasteiger partial charge in [-0.3, -0.25) is 4.79 Å². The lowest BCUT2D eigenvalue weighted by Crippen LogP contribution is -2.32. The Morgan fingerprint density at radius 3 is 3.27 bits per heavy atom. The zero-order valence-corrected chi connectivity index (χ0v) is 5.99. The highest BCUT2D eigenvalue weighted by Gasteiger charge is 2.43. The summed E-state index contributed by atoms with van der Waals surface area (Å²) in [6.45, 7) is 0.410. The summed E-state index contributed by atoms with van der Waals surface area (Å²) in [7, 11) is 1.66. The molecule has 0 bridgehead atoms. The van der Waals surface area contributed by atoms with Crippen LogP contribution in [0.3, 0.4) is 0 Å². The van der Waals surface area contributed by atoms with Crippen molar-refractivity contribution in [1.29, 1.82) is 0 Å². The number of aliphatic hydroxyl groups is 1. The van der Waals surface area contributed by atoms with Gasteiger partial charge in [0.15, 0.2) is 0 Å². The molecule has 11 heavy (non-hydrogen) atoms. The van der Waals surface area contributed by atoms with E-state index in [9.17, 15) is 9.90 Å². The Labute approximate surface area is 65.2 Å². The molecule has 0 saturated carbocycles. The van der Waals surface area contributed by atoms with Crippen LogP contribution < -0.4 is 5.32 Å². The molecule has 2 aliphatic rings. The summed E-state index contributed by atoms with van der Waals surface area (Å²) >= 11 is 0. The topological polar surface area (TPSA) is 58.6 Å². The van der Waals surface area contributed by atoms with Gasteiger partial charge in [-0.1, -0.05) is 0 Å². The molecule has 5 heteroatoms. The number of hydrogen-bond donors (Lipinski definition) is 2. The Morgan fingerprint density at radius 2 is 2.55 bits per heavy atom. The lowest BCUT2D eigenvalue weighted by molar-refractivity contribution is -0.124. The smallest absolute Gasteiger partial charge is 0.292 e. The van der Waals surface area contributed by atoms with Crippen molar-refractivity contribution in [2.75, 3.05) is 6.61 Å². The van der Waals surface area contributed by atoms with Crippen LogP contribution in [-0.4, -0.2) is 31.3 Å². The predicted octanol–water partition coefficient (Wildman–Crippen LogP) is -1.27. The minimum absolute atomic E-state index is 0.0243. The first-order valence-corrected chi connectivity index (χ1v) is 3.71. The minimum atomic E-state index is -0.673. The third-order valence-corrected chi connectivity index (χ3v) is 2.31. The van der Waals surface area contributed by atoms with Crippen molar-refractivity contribution in [3.63, 3.8) is 0 Å². The average molecular weight is 154 g/mol. The Bertz CT molecular complexity index is 187. The number of hydrogen-bond acceptors (Lipinski definition) is 3. The van der Waals surface area contributed by atoms with Crippen molar-refractivity contribution in [3.8, 4) is 0 Å². The van der Waals surface area contributed by atoms with E-state index < -0.39 is 6.23 Å². The van der Waals surface area contributed by atoms with Crippen molar-refractivity contribution < 1.29 is 14.6 Å². The van der Waals surface area contributed by atoms with Gasteiger partial charge in [0.1, 0.15) is 6.23 Å². The van der Waals surface area contributed by atoms with Gasteiger partial charge in [0, 0.05) is 12.5 Å². The van der Waals surface area contributed by atoms with Gasteiger partial charge in [0.25, 0.3) is 7.48 Å². The summed E-state index contributed by atoms with van der Waals surface area (Å²) < 4.78 is 5.01. The summed E-state index contributed by atoms with van der Waals surface area (Å²) in [6, 6.07) is 0. The van der Waals surface area contributed by atoms with E-state index in [1.807, 2.05) is 0 Å². The molecule has 3 unspecified atom stereocenters. The highest BCUT2D eigenvalue weighted by Crippen LogP contribution is 2.29. The normalized spacial score (nSPS) is 42.6. The molecule has 0 aromatic carbocycles. The first kappa shape index (κ1) is 7.12. The molecule has 59 valence electrons. The summed E-state index contributed by atoms with van der Waals surface area (Å²) in [6.07, 6.45) is -0.0162. The quantitative estimate of drug-likeness (QED) is 0.428. The van der Waals surface area contributed by atoms with Crippen LogP contribution in [0.5, 0.6) is 0 Å². The van der Waals surface area contributed by atoms with E-state index in [4.69, 9.17) is 4.65 Å². The molecule has 1 amide bonds. The van der Waals surface area contributed by atoms with Gasteiger partial charge < -0.3 is 15.1 Å². The van der Waals surface area contributed by atoms with E-state index in [1.165, 1.54) is 0 Å². The largest absolute Gasteiger partial charge is 0.440 e. The van der Waals surface area contributed by atoms with Crippen LogP contribution in [0.15, 0.2) is 0 Å².